The first-order valence-corrected chi connectivity index (χ1v) is 7.33. The zero-order valence-electron chi connectivity index (χ0n) is 11.9. The van der Waals surface area contributed by atoms with Crippen molar-refractivity contribution >= 4 is 0 Å². The van der Waals surface area contributed by atoms with Crippen molar-refractivity contribution < 1.29 is 9.47 Å². The van der Waals surface area contributed by atoms with Gasteiger partial charge < -0.3 is 15.2 Å². The van der Waals surface area contributed by atoms with Gasteiger partial charge in [0.1, 0.15) is 0 Å². The summed E-state index contributed by atoms with van der Waals surface area (Å²) in [6, 6.07) is 0. The van der Waals surface area contributed by atoms with Crippen LogP contribution in [0.2, 0.25) is 0 Å². The number of nitrogens with zero attached hydrogens (tertiary/aromatic N) is 1. The fraction of sp³-hybridized carbons (Fsp3) is 1.00. The summed E-state index contributed by atoms with van der Waals surface area (Å²) in [5.41, 5.74) is 6.28. The Morgan fingerprint density at radius 3 is 2.94 bits per heavy atom. The van der Waals surface area contributed by atoms with Crippen molar-refractivity contribution in [2.45, 2.75) is 56.8 Å². The molecule has 2 N–H and O–H groups in total. The monoisotopic (exact) mass is 256 g/mol. The van der Waals surface area contributed by atoms with Crippen LogP contribution in [0.15, 0.2) is 0 Å². The Bertz CT molecular complexity index is 260. The maximum atomic E-state index is 6.13. The van der Waals surface area contributed by atoms with E-state index in [4.69, 9.17) is 15.2 Å². The minimum Gasteiger partial charge on any atom is -0.380 e. The highest BCUT2D eigenvalue weighted by molar-refractivity contribution is 4.99. The summed E-state index contributed by atoms with van der Waals surface area (Å²) in [7, 11) is 1.81. The molecule has 0 spiro atoms. The van der Waals surface area contributed by atoms with Gasteiger partial charge in [0.15, 0.2) is 0 Å². The molecule has 18 heavy (non-hydrogen) atoms. The molecule has 0 amide bonds. The molecule has 2 saturated heterocycles. The van der Waals surface area contributed by atoms with Crippen molar-refractivity contribution in [3.05, 3.63) is 0 Å². The summed E-state index contributed by atoms with van der Waals surface area (Å²) < 4.78 is 11.4. The number of hydrogen-bond acceptors (Lipinski definition) is 4. The lowest BCUT2D eigenvalue weighted by molar-refractivity contribution is -0.0707. The molecule has 3 atom stereocenters. The number of methoxy groups -OCH3 is 1. The lowest BCUT2D eigenvalue weighted by Crippen LogP contribution is -2.58. The smallest absolute Gasteiger partial charge is 0.0710 e. The highest BCUT2D eigenvalue weighted by Crippen LogP contribution is 2.34. The second-order valence-electron chi connectivity index (χ2n) is 5.76. The van der Waals surface area contributed by atoms with Crippen molar-refractivity contribution in [3.63, 3.8) is 0 Å². The zero-order chi connectivity index (χ0) is 13.0. The Morgan fingerprint density at radius 2 is 2.33 bits per heavy atom. The van der Waals surface area contributed by atoms with Gasteiger partial charge in [0.2, 0.25) is 0 Å². The average molecular weight is 256 g/mol. The number of ether oxygens (including phenoxy) is 2. The van der Waals surface area contributed by atoms with Gasteiger partial charge in [-0.2, -0.15) is 0 Å². The van der Waals surface area contributed by atoms with Crippen LogP contribution in [0.25, 0.3) is 0 Å². The number of rotatable bonds is 5. The van der Waals surface area contributed by atoms with E-state index in [1.807, 2.05) is 7.11 Å². The number of nitrogens with two attached hydrogens (primary N) is 1. The minimum atomic E-state index is 0.158. The van der Waals surface area contributed by atoms with E-state index in [1.165, 1.54) is 6.42 Å². The molecule has 2 aliphatic rings. The highest BCUT2D eigenvalue weighted by Gasteiger charge is 2.43. The van der Waals surface area contributed by atoms with Gasteiger partial charge >= 0.3 is 0 Å². The molecular formula is C14H28N2O2. The third-order valence-electron chi connectivity index (χ3n) is 4.67. The molecule has 0 radical (unpaired) electrons. The zero-order valence-corrected chi connectivity index (χ0v) is 11.9. The van der Waals surface area contributed by atoms with Crippen LogP contribution in [0.1, 0.15) is 39.0 Å². The van der Waals surface area contributed by atoms with E-state index >= 15 is 0 Å². The maximum absolute atomic E-state index is 6.13. The molecular weight excluding hydrogens is 228 g/mol. The van der Waals surface area contributed by atoms with Gasteiger partial charge in [-0.05, 0) is 25.7 Å². The van der Waals surface area contributed by atoms with Gasteiger partial charge in [0.25, 0.3) is 0 Å². The van der Waals surface area contributed by atoms with E-state index in [0.717, 1.165) is 51.9 Å². The molecule has 2 heterocycles. The minimum absolute atomic E-state index is 0.158. The quantitative estimate of drug-likeness (QED) is 0.807. The van der Waals surface area contributed by atoms with Gasteiger partial charge in [-0.1, -0.05) is 13.3 Å². The Morgan fingerprint density at radius 1 is 1.50 bits per heavy atom. The summed E-state index contributed by atoms with van der Waals surface area (Å²) in [5, 5.41) is 0. The van der Waals surface area contributed by atoms with Crippen LogP contribution in [0.5, 0.6) is 0 Å². The molecule has 0 saturated carbocycles. The van der Waals surface area contributed by atoms with Crippen LogP contribution in [0.3, 0.4) is 0 Å². The first-order chi connectivity index (χ1) is 8.74. The lowest BCUT2D eigenvalue weighted by Gasteiger charge is -2.46. The van der Waals surface area contributed by atoms with Crippen molar-refractivity contribution in [2.75, 3.05) is 33.4 Å². The molecule has 3 unspecified atom stereocenters. The Hall–Kier alpha value is -0.160. The lowest BCUT2D eigenvalue weighted by atomic mass is 9.84. The largest absolute Gasteiger partial charge is 0.380 e. The van der Waals surface area contributed by atoms with Gasteiger partial charge in [-0.15, -0.1) is 0 Å². The SMILES string of the molecule is CCCC1CC(CN)(N2CCC(OC)C2)CCO1. The second-order valence-corrected chi connectivity index (χ2v) is 5.76. The van der Waals surface area contributed by atoms with Crippen LogP contribution in [-0.4, -0.2) is 56.0 Å². The first kappa shape index (κ1) is 14.3. The number of hydrogen-bond donors (Lipinski definition) is 1. The summed E-state index contributed by atoms with van der Waals surface area (Å²) >= 11 is 0. The summed E-state index contributed by atoms with van der Waals surface area (Å²) in [4.78, 5) is 2.56. The molecule has 106 valence electrons. The average Bonchev–Trinajstić information content (AvgIpc) is 2.88. The molecule has 0 aromatic heterocycles. The first-order valence-electron chi connectivity index (χ1n) is 7.33. The van der Waals surface area contributed by atoms with E-state index in [9.17, 15) is 0 Å². The van der Waals surface area contributed by atoms with Gasteiger partial charge in [0, 0.05) is 38.9 Å². The van der Waals surface area contributed by atoms with Crippen LogP contribution in [0.4, 0.5) is 0 Å². The summed E-state index contributed by atoms with van der Waals surface area (Å²) in [5.74, 6) is 0. The third-order valence-corrected chi connectivity index (χ3v) is 4.67. The van der Waals surface area contributed by atoms with Crippen LogP contribution in [0, 0.1) is 0 Å². The van der Waals surface area contributed by atoms with Crippen LogP contribution >= 0.6 is 0 Å². The summed E-state index contributed by atoms with van der Waals surface area (Å²) in [6.07, 6.45) is 6.43. The molecule has 0 bridgehead atoms. The molecule has 2 aliphatic heterocycles. The van der Waals surface area contributed by atoms with Crippen LogP contribution < -0.4 is 5.73 Å². The van der Waals surface area contributed by atoms with E-state index in [-0.39, 0.29) is 5.54 Å². The normalized spacial score (nSPS) is 38.2. The number of likely N-dealkylation sites (tertiary alicyclic amines) is 1. The van der Waals surface area contributed by atoms with Crippen molar-refractivity contribution in [2.24, 2.45) is 5.73 Å². The van der Waals surface area contributed by atoms with E-state index in [0.29, 0.717) is 12.2 Å². The van der Waals surface area contributed by atoms with Gasteiger partial charge in [-0.25, -0.2) is 0 Å². The van der Waals surface area contributed by atoms with E-state index in [1.54, 1.807) is 0 Å². The maximum Gasteiger partial charge on any atom is 0.0710 e. The molecule has 2 rings (SSSR count). The topological polar surface area (TPSA) is 47.7 Å². The molecule has 0 aromatic carbocycles. The third kappa shape index (κ3) is 2.87. The summed E-state index contributed by atoms with van der Waals surface area (Å²) in [6.45, 7) is 5.98. The Labute approximate surface area is 111 Å². The second kappa shape index (κ2) is 6.33. The van der Waals surface area contributed by atoms with E-state index < -0.39 is 0 Å². The predicted octanol–water partition coefficient (Wildman–Crippen LogP) is 1.38. The highest BCUT2D eigenvalue weighted by atomic mass is 16.5. The molecule has 0 aliphatic carbocycles. The van der Waals surface area contributed by atoms with E-state index in [2.05, 4.69) is 11.8 Å². The molecule has 2 fully saturated rings. The fourth-order valence-electron chi connectivity index (χ4n) is 3.46. The standard InChI is InChI=1S/C14H28N2O2/c1-3-4-12-9-14(11-15,6-8-18-12)16-7-5-13(10-16)17-2/h12-13H,3-11,15H2,1-2H3. The van der Waals surface area contributed by atoms with Gasteiger partial charge in [0.05, 0.1) is 12.2 Å². The van der Waals surface area contributed by atoms with Crippen molar-refractivity contribution in [1.29, 1.82) is 0 Å². The Kier molecular flexibility index (Phi) is 5.01. The predicted molar refractivity (Wildman–Crippen MR) is 72.7 cm³/mol. The van der Waals surface area contributed by atoms with Crippen molar-refractivity contribution in [3.8, 4) is 0 Å². The van der Waals surface area contributed by atoms with Crippen molar-refractivity contribution in [1.82, 2.24) is 4.90 Å². The Balaban J connectivity index is 2.01. The van der Waals surface area contributed by atoms with Crippen LogP contribution in [-0.2, 0) is 9.47 Å². The molecule has 4 nitrogen and oxygen atoms in total. The van der Waals surface area contributed by atoms with Gasteiger partial charge in [-0.3, -0.25) is 4.90 Å². The molecule has 4 heteroatoms. The fourth-order valence-corrected chi connectivity index (χ4v) is 3.46. The molecule has 0 aromatic rings.